The van der Waals surface area contributed by atoms with Crippen molar-refractivity contribution in [2.24, 2.45) is 0 Å². The summed E-state index contributed by atoms with van der Waals surface area (Å²) in [7, 11) is 0. The highest BCUT2D eigenvalue weighted by molar-refractivity contribution is 9.10. The Hall–Kier alpha value is -1.62. The summed E-state index contributed by atoms with van der Waals surface area (Å²) in [6.45, 7) is 3.79. The molecule has 88 valence electrons. The maximum atomic E-state index is 12.1. The molecule has 1 aromatic heterocycles. The number of amides is 1. The van der Waals surface area contributed by atoms with Gasteiger partial charge in [0.15, 0.2) is 0 Å². The fraction of sp³-hybridized carbons (Fsp3) is 0.167. The number of anilines is 1. The summed E-state index contributed by atoms with van der Waals surface area (Å²) >= 11 is 3.36. The molecule has 0 saturated heterocycles. The van der Waals surface area contributed by atoms with Gasteiger partial charge in [0.05, 0.1) is 6.20 Å². The fourth-order valence-corrected chi connectivity index (χ4v) is 1.85. The lowest BCUT2D eigenvalue weighted by Crippen LogP contribution is -2.14. The zero-order valence-corrected chi connectivity index (χ0v) is 11.1. The van der Waals surface area contributed by atoms with Gasteiger partial charge in [-0.15, -0.1) is 0 Å². The SMILES string of the molecule is Cc1ccc(Br)cc1C(=O)Nc1[nH]ncc1C. The number of nitrogens with one attached hydrogen (secondary N) is 2. The molecule has 0 unspecified atom stereocenters. The topological polar surface area (TPSA) is 57.8 Å². The summed E-state index contributed by atoms with van der Waals surface area (Å²) in [5, 5.41) is 9.40. The van der Waals surface area contributed by atoms with Crippen LogP contribution < -0.4 is 5.32 Å². The first-order valence-corrected chi connectivity index (χ1v) is 5.94. The Morgan fingerprint density at radius 2 is 2.12 bits per heavy atom. The molecule has 2 rings (SSSR count). The number of carbonyl (C=O) groups excluding carboxylic acids is 1. The van der Waals surface area contributed by atoms with Gasteiger partial charge < -0.3 is 5.32 Å². The monoisotopic (exact) mass is 293 g/mol. The smallest absolute Gasteiger partial charge is 0.257 e. The molecule has 0 radical (unpaired) electrons. The number of aryl methyl sites for hydroxylation is 2. The van der Waals surface area contributed by atoms with Crippen molar-refractivity contribution >= 4 is 27.7 Å². The van der Waals surface area contributed by atoms with Gasteiger partial charge in [-0.05, 0) is 31.5 Å². The van der Waals surface area contributed by atoms with Crippen LogP contribution in [0.15, 0.2) is 28.9 Å². The predicted octanol–water partition coefficient (Wildman–Crippen LogP) is 3.04. The van der Waals surface area contributed by atoms with Crippen LogP contribution in [0.3, 0.4) is 0 Å². The average molecular weight is 294 g/mol. The number of halogens is 1. The quantitative estimate of drug-likeness (QED) is 0.894. The maximum Gasteiger partial charge on any atom is 0.257 e. The van der Waals surface area contributed by atoms with E-state index in [1.807, 2.05) is 26.0 Å². The Kier molecular flexibility index (Phi) is 3.28. The molecule has 4 nitrogen and oxygen atoms in total. The maximum absolute atomic E-state index is 12.1. The van der Waals surface area contributed by atoms with Gasteiger partial charge in [0.1, 0.15) is 5.82 Å². The molecule has 1 amide bonds. The molecule has 2 N–H and O–H groups in total. The van der Waals surface area contributed by atoms with Crippen molar-refractivity contribution in [2.75, 3.05) is 5.32 Å². The van der Waals surface area contributed by atoms with Crippen molar-refractivity contribution in [3.8, 4) is 0 Å². The summed E-state index contributed by atoms with van der Waals surface area (Å²) in [6.07, 6.45) is 1.67. The van der Waals surface area contributed by atoms with E-state index in [2.05, 4.69) is 31.4 Å². The third-order valence-electron chi connectivity index (χ3n) is 2.51. The number of hydrogen-bond acceptors (Lipinski definition) is 2. The van der Waals surface area contributed by atoms with E-state index < -0.39 is 0 Å². The van der Waals surface area contributed by atoms with Gasteiger partial charge in [-0.25, -0.2) is 0 Å². The van der Waals surface area contributed by atoms with Gasteiger partial charge in [-0.3, -0.25) is 9.89 Å². The lowest BCUT2D eigenvalue weighted by atomic mass is 10.1. The summed E-state index contributed by atoms with van der Waals surface area (Å²) in [6, 6.07) is 5.61. The van der Waals surface area contributed by atoms with Crippen molar-refractivity contribution in [1.82, 2.24) is 10.2 Å². The lowest BCUT2D eigenvalue weighted by molar-refractivity contribution is 0.102. The first kappa shape index (κ1) is 11.9. The molecule has 0 aliphatic carbocycles. The summed E-state index contributed by atoms with van der Waals surface area (Å²) in [5.41, 5.74) is 2.49. The highest BCUT2D eigenvalue weighted by atomic mass is 79.9. The van der Waals surface area contributed by atoms with Crippen molar-refractivity contribution in [3.05, 3.63) is 45.6 Å². The molecule has 0 aliphatic rings. The van der Waals surface area contributed by atoms with Crippen molar-refractivity contribution in [2.45, 2.75) is 13.8 Å². The Labute approximate surface area is 108 Å². The third-order valence-corrected chi connectivity index (χ3v) is 3.00. The second-order valence-electron chi connectivity index (χ2n) is 3.84. The minimum Gasteiger partial charge on any atom is -0.307 e. The molecule has 0 aliphatic heterocycles. The van der Waals surface area contributed by atoms with E-state index >= 15 is 0 Å². The van der Waals surface area contributed by atoms with Crippen LogP contribution in [0.1, 0.15) is 21.5 Å². The predicted molar refractivity (Wildman–Crippen MR) is 70.2 cm³/mol. The first-order chi connectivity index (χ1) is 8.08. The number of aromatic amines is 1. The fourth-order valence-electron chi connectivity index (χ4n) is 1.49. The van der Waals surface area contributed by atoms with Gasteiger partial charge in [-0.1, -0.05) is 22.0 Å². The molecule has 1 aromatic carbocycles. The van der Waals surface area contributed by atoms with Crippen LogP contribution >= 0.6 is 15.9 Å². The van der Waals surface area contributed by atoms with Crippen LogP contribution in [0.2, 0.25) is 0 Å². The van der Waals surface area contributed by atoms with E-state index in [9.17, 15) is 4.79 Å². The lowest BCUT2D eigenvalue weighted by Gasteiger charge is -2.07. The van der Waals surface area contributed by atoms with E-state index in [1.165, 1.54) is 0 Å². The van der Waals surface area contributed by atoms with Gasteiger partial charge in [0.25, 0.3) is 5.91 Å². The van der Waals surface area contributed by atoms with Gasteiger partial charge in [0, 0.05) is 15.6 Å². The molecule has 2 aromatic rings. The molecule has 0 bridgehead atoms. The number of carbonyl (C=O) groups is 1. The van der Waals surface area contributed by atoms with Crippen LogP contribution in [-0.2, 0) is 0 Å². The number of rotatable bonds is 2. The van der Waals surface area contributed by atoms with Crippen LogP contribution in [0.4, 0.5) is 5.82 Å². The molecule has 0 fully saturated rings. The zero-order chi connectivity index (χ0) is 12.4. The normalized spacial score (nSPS) is 10.3. The number of hydrogen-bond donors (Lipinski definition) is 2. The second kappa shape index (κ2) is 4.71. The summed E-state index contributed by atoms with van der Waals surface area (Å²) in [4.78, 5) is 12.1. The molecule has 0 atom stereocenters. The first-order valence-electron chi connectivity index (χ1n) is 5.15. The zero-order valence-electron chi connectivity index (χ0n) is 9.54. The molecule has 17 heavy (non-hydrogen) atoms. The van der Waals surface area contributed by atoms with Crippen LogP contribution in [-0.4, -0.2) is 16.1 Å². The Bertz CT molecular complexity index is 563. The highest BCUT2D eigenvalue weighted by Crippen LogP contribution is 2.18. The van der Waals surface area contributed by atoms with E-state index in [0.29, 0.717) is 11.4 Å². The van der Waals surface area contributed by atoms with E-state index in [1.54, 1.807) is 12.3 Å². The van der Waals surface area contributed by atoms with Gasteiger partial charge in [0.2, 0.25) is 0 Å². The van der Waals surface area contributed by atoms with Crippen molar-refractivity contribution < 1.29 is 4.79 Å². The Balaban J connectivity index is 2.26. The largest absolute Gasteiger partial charge is 0.307 e. The average Bonchev–Trinajstić information content (AvgIpc) is 2.68. The molecular formula is C12H12BrN3O. The van der Waals surface area contributed by atoms with Crippen LogP contribution in [0.5, 0.6) is 0 Å². The minimum atomic E-state index is -0.142. The number of H-pyrrole nitrogens is 1. The number of benzene rings is 1. The van der Waals surface area contributed by atoms with Crippen LogP contribution in [0, 0.1) is 13.8 Å². The molecule has 1 heterocycles. The highest BCUT2D eigenvalue weighted by Gasteiger charge is 2.11. The standard InChI is InChI=1S/C12H12BrN3O/c1-7-3-4-9(13)5-10(7)12(17)15-11-8(2)6-14-16-11/h3-6H,1-2H3,(H2,14,15,16,17). The Morgan fingerprint density at radius 3 is 2.76 bits per heavy atom. The molecular weight excluding hydrogens is 282 g/mol. The van der Waals surface area contributed by atoms with Crippen molar-refractivity contribution in [1.29, 1.82) is 0 Å². The summed E-state index contributed by atoms with van der Waals surface area (Å²) < 4.78 is 0.884. The molecule has 5 heteroatoms. The van der Waals surface area contributed by atoms with Gasteiger partial charge in [-0.2, -0.15) is 5.10 Å². The van der Waals surface area contributed by atoms with E-state index in [0.717, 1.165) is 15.6 Å². The van der Waals surface area contributed by atoms with E-state index in [4.69, 9.17) is 0 Å². The Morgan fingerprint density at radius 1 is 1.35 bits per heavy atom. The third kappa shape index (κ3) is 2.55. The molecule has 0 saturated carbocycles. The molecule has 0 spiro atoms. The van der Waals surface area contributed by atoms with Crippen LogP contribution in [0.25, 0.3) is 0 Å². The van der Waals surface area contributed by atoms with Gasteiger partial charge >= 0.3 is 0 Å². The van der Waals surface area contributed by atoms with Crippen molar-refractivity contribution in [3.63, 3.8) is 0 Å². The minimum absolute atomic E-state index is 0.142. The number of aromatic nitrogens is 2. The van der Waals surface area contributed by atoms with E-state index in [-0.39, 0.29) is 5.91 Å². The number of nitrogens with zero attached hydrogens (tertiary/aromatic N) is 1. The second-order valence-corrected chi connectivity index (χ2v) is 4.76. The summed E-state index contributed by atoms with van der Waals surface area (Å²) in [5.74, 6) is 0.491.